The van der Waals surface area contributed by atoms with E-state index < -0.39 is 12.0 Å². The molecule has 3 amide bonds. The predicted octanol–water partition coefficient (Wildman–Crippen LogP) is 2.28. The van der Waals surface area contributed by atoms with Gasteiger partial charge in [0.1, 0.15) is 6.04 Å². The first-order chi connectivity index (χ1) is 13.0. The van der Waals surface area contributed by atoms with Crippen molar-refractivity contribution in [3.63, 3.8) is 0 Å². The summed E-state index contributed by atoms with van der Waals surface area (Å²) in [6, 6.07) is 8.58. The summed E-state index contributed by atoms with van der Waals surface area (Å²) in [5.41, 5.74) is 0.778. The number of carbonyl (C=O) groups excluding carboxylic acids is 3. The van der Waals surface area contributed by atoms with Gasteiger partial charge in [0.25, 0.3) is 0 Å². The van der Waals surface area contributed by atoms with Crippen LogP contribution in [0, 0.1) is 11.8 Å². The van der Waals surface area contributed by atoms with E-state index in [1.54, 1.807) is 16.5 Å². The van der Waals surface area contributed by atoms with Crippen LogP contribution in [0.2, 0.25) is 0 Å². The second-order valence-electron chi connectivity index (χ2n) is 6.80. The van der Waals surface area contributed by atoms with Crippen LogP contribution in [-0.4, -0.2) is 35.3 Å². The Kier molecular flexibility index (Phi) is 5.85. The van der Waals surface area contributed by atoms with Crippen LogP contribution in [-0.2, 0) is 14.4 Å². The smallest absolute Gasteiger partial charge is 0.248 e. The number of hydrogen-bond donors (Lipinski definition) is 2. The molecule has 3 rings (SSSR count). The number of benzene rings is 1. The van der Waals surface area contributed by atoms with Gasteiger partial charge in [0.2, 0.25) is 17.7 Å². The minimum absolute atomic E-state index is 0.0883. The van der Waals surface area contributed by atoms with Gasteiger partial charge in [0.15, 0.2) is 5.13 Å². The molecule has 1 aromatic heterocycles. The third-order valence-electron chi connectivity index (χ3n) is 4.47. The van der Waals surface area contributed by atoms with E-state index in [0.717, 1.165) is 5.69 Å². The summed E-state index contributed by atoms with van der Waals surface area (Å²) in [6.45, 7) is 4.04. The summed E-state index contributed by atoms with van der Waals surface area (Å²) >= 11 is 1.32. The summed E-state index contributed by atoms with van der Waals surface area (Å²) in [5.74, 6) is -1.26. The summed E-state index contributed by atoms with van der Waals surface area (Å²) in [6.07, 6.45) is 1.74. The van der Waals surface area contributed by atoms with Crippen LogP contribution in [0.4, 0.5) is 10.8 Å². The third kappa shape index (κ3) is 4.51. The Morgan fingerprint density at radius 1 is 1.26 bits per heavy atom. The van der Waals surface area contributed by atoms with Crippen molar-refractivity contribution in [2.24, 2.45) is 11.8 Å². The van der Waals surface area contributed by atoms with E-state index in [1.165, 1.54) is 11.3 Å². The van der Waals surface area contributed by atoms with Crippen LogP contribution >= 0.6 is 11.3 Å². The molecule has 7 nitrogen and oxygen atoms in total. The predicted molar refractivity (Wildman–Crippen MR) is 104 cm³/mol. The largest absolute Gasteiger partial charge is 0.344 e. The number of amides is 3. The van der Waals surface area contributed by atoms with Crippen molar-refractivity contribution in [2.45, 2.75) is 26.3 Å². The molecule has 2 atom stereocenters. The van der Waals surface area contributed by atoms with Gasteiger partial charge < -0.3 is 15.5 Å². The standard InChI is InChI=1S/C19H22N4O3S/c1-12(2)16(18(26)22-19-20-8-9-27-19)21-17(25)13-10-15(24)23(11-13)14-6-4-3-5-7-14/h3-9,12-13,16H,10-11H2,1-2H3,(H,21,25)(H,20,22,26)/t13-,16+/m1/s1. The summed E-state index contributed by atoms with van der Waals surface area (Å²) in [7, 11) is 0. The van der Waals surface area contributed by atoms with Crippen LogP contribution in [0.5, 0.6) is 0 Å². The fourth-order valence-corrected chi connectivity index (χ4v) is 3.55. The van der Waals surface area contributed by atoms with Crippen LogP contribution in [0.15, 0.2) is 41.9 Å². The molecule has 1 aliphatic heterocycles. The number of thiazole rings is 1. The van der Waals surface area contributed by atoms with Gasteiger partial charge in [-0.1, -0.05) is 32.0 Å². The monoisotopic (exact) mass is 386 g/mol. The zero-order valence-corrected chi connectivity index (χ0v) is 16.0. The van der Waals surface area contributed by atoms with Crippen LogP contribution < -0.4 is 15.5 Å². The van der Waals surface area contributed by atoms with Gasteiger partial charge in [0.05, 0.1) is 5.92 Å². The molecule has 27 heavy (non-hydrogen) atoms. The number of aromatic nitrogens is 1. The van der Waals surface area contributed by atoms with Gasteiger partial charge in [-0.25, -0.2) is 4.98 Å². The molecule has 2 aromatic rings. The lowest BCUT2D eigenvalue weighted by Crippen LogP contribution is -2.49. The van der Waals surface area contributed by atoms with Gasteiger partial charge in [0, 0.05) is 30.2 Å². The van der Waals surface area contributed by atoms with Gasteiger partial charge in [-0.05, 0) is 18.1 Å². The molecular formula is C19H22N4O3S. The molecule has 1 aliphatic rings. The van der Waals surface area contributed by atoms with E-state index in [1.807, 2.05) is 44.2 Å². The quantitative estimate of drug-likeness (QED) is 0.797. The maximum absolute atomic E-state index is 12.7. The van der Waals surface area contributed by atoms with Crippen molar-refractivity contribution in [1.29, 1.82) is 0 Å². The van der Waals surface area contributed by atoms with Gasteiger partial charge in [-0.3, -0.25) is 14.4 Å². The second-order valence-corrected chi connectivity index (χ2v) is 7.69. The molecule has 8 heteroatoms. The topological polar surface area (TPSA) is 91.4 Å². The summed E-state index contributed by atoms with van der Waals surface area (Å²) < 4.78 is 0. The Morgan fingerprint density at radius 2 is 2.00 bits per heavy atom. The van der Waals surface area contributed by atoms with Gasteiger partial charge >= 0.3 is 0 Å². The number of hydrogen-bond acceptors (Lipinski definition) is 5. The highest BCUT2D eigenvalue weighted by Gasteiger charge is 2.37. The van der Waals surface area contributed by atoms with E-state index in [9.17, 15) is 14.4 Å². The molecule has 142 valence electrons. The van der Waals surface area contributed by atoms with Crippen molar-refractivity contribution in [3.8, 4) is 0 Å². The molecule has 0 bridgehead atoms. The normalized spacial score (nSPS) is 17.8. The minimum atomic E-state index is -0.692. The van der Waals surface area contributed by atoms with Crippen LogP contribution in [0.1, 0.15) is 20.3 Å². The van der Waals surface area contributed by atoms with E-state index in [0.29, 0.717) is 11.7 Å². The number of nitrogens with zero attached hydrogens (tertiary/aromatic N) is 2. The first kappa shape index (κ1) is 19.0. The highest BCUT2D eigenvalue weighted by molar-refractivity contribution is 7.13. The highest BCUT2D eigenvalue weighted by Crippen LogP contribution is 2.25. The van der Waals surface area contributed by atoms with Crippen molar-refractivity contribution in [3.05, 3.63) is 41.9 Å². The van der Waals surface area contributed by atoms with Crippen molar-refractivity contribution < 1.29 is 14.4 Å². The number of para-hydroxylation sites is 1. The van der Waals surface area contributed by atoms with Crippen LogP contribution in [0.25, 0.3) is 0 Å². The first-order valence-corrected chi connectivity index (χ1v) is 9.70. The zero-order chi connectivity index (χ0) is 19.4. The van der Waals surface area contributed by atoms with E-state index in [2.05, 4.69) is 15.6 Å². The average molecular weight is 386 g/mol. The first-order valence-electron chi connectivity index (χ1n) is 8.82. The van der Waals surface area contributed by atoms with E-state index >= 15 is 0 Å². The summed E-state index contributed by atoms with van der Waals surface area (Å²) in [4.78, 5) is 43.2. The molecule has 1 fully saturated rings. The maximum Gasteiger partial charge on any atom is 0.248 e. The number of anilines is 2. The second kappa shape index (κ2) is 8.30. The number of nitrogens with one attached hydrogen (secondary N) is 2. The molecule has 2 N–H and O–H groups in total. The Bertz CT molecular complexity index is 808. The number of rotatable bonds is 6. The Morgan fingerprint density at radius 3 is 2.63 bits per heavy atom. The lowest BCUT2D eigenvalue weighted by atomic mass is 10.0. The Hall–Kier alpha value is -2.74. The molecule has 2 heterocycles. The molecule has 1 saturated heterocycles. The average Bonchev–Trinajstić information content (AvgIpc) is 3.29. The molecule has 0 radical (unpaired) electrons. The lowest BCUT2D eigenvalue weighted by Gasteiger charge is -2.23. The van der Waals surface area contributed by atoms with Gasteiger partial charge in [-0.2, -0.15) is 0 Å². The maximum atomic E-state index is 12.7. The minimum Gasteiger partial charge on any atom is -0.344 e. The molecule has 0 spiro atoms. The lowest BCUT2D eigenvalue weighted by molar-refractivity contribution is -0.130. The molecule has 0 aliphatic carbocycles. The Balaban J connectivity index is 1.64. The molecule has 0 unspecified atom stereocenters. The fraction of sp³-hybridized carbons (Fsp3) is 0.368. The number of carbonyl (C=O) groups is 3. The van der Waals surface area contributed by atoms with Gasteiger partial charge in [-0.15, -0.1) is 11.3 Å². The third-order valence-corrected chi connectivity index (χ3v) is 5.16. The molecule has 1 aromatic carbocycles. The Labute approximate surface area is 161 Å². The SMILES string of the molecule is CC(C)[C@H](NC(=O)[C@@H]1CC(=O)N(c2ccccc2)C1)C(=O)Nc1nccs1. The van der Waals surface area contributed by atoms with Crippen molar-refractivity contribution in [1.82, 2.24) is 10.3 Å². The fourth-order valence-electron chi connectivity index (χ4n) is 3.02. The molecular weight excluding hydrogens is 364 g/mol. The highest BCUT2D eigenvalue weighted by atomic mass is 32.1. The van der Waals surface area contributed by atoms with E-state index in [4.69, 9.17) is 0 Å². The van der Waals surface area contributed by atoms with Crippen molar-refractivity contribution in [2.75, 3.05) is 16.8 Å². The van der Waals surface area contributed by atoms with Crippen LogP contribution in [0.3, 0.4) is 0 Å². The molecule has 0 saturated carbocycles. The zero-order valence-electron chi connectivity index (χ0n) is 15.2. The summed E-state index contributed by atoms with van der Waals surface area (Å²) in [5, 5.41) is 7.79. The van der Waals surface area contributed by atoms with Crippen molar-refractivity contribution >= 4 is 39.9 Å². The van der Waals surface area contributed by atoms with E-state index in [-0.39, 0.29) is 30.1 Å².